The molecule has 5 rings (SSSR count). The lowest BCUT2D eigenvalue weighted by Crippen LogP contribution is -2.28. The molecule has 2 aromatic heterocycles. The third-order valence-corrected chi connectivity index (χ3v) is 5.68. The highest BCUT2D eigenvalue weighted by molar-refractivity contribution is 5.72. The van der Waals surface area contributed by atoms with Crippen molar-refractivity contribution in [2.24, 2.45) is 0 Å². The first-order chi connectivity index (χ1) is 14.3. The Labute approximate surface area is 170 Å². The molecule has 2 aromatic carbocycles. The van der Waals surface area contributed by atoms with Crippen LogP contribution in [0.15, 0.2) is 72.9 Å². The summed E-state index contributed by atoms with van der Waals surface area (Å²) in [6, 6.07) is 23.2. The van der Waals surface area contributed by atoms with Gasteiger partial charge in [0.05, 0.1) is 18.0 Å². The van der Waals surface area contributed by atoms with Crippen LogP contribution in [-0.4, -0.2) is 31.9 Å². The molecule has 0 saturated heterocycles. The molecule has 1 aliphatic rings. The molecular formula is C24H24N4O. The van der Waals surface area contributed by atoms with E-state index in [0.29, 0.717) is 6.04 Å². The lowest BCUT2D eigenvalue weighted by molar-refractivity contribution is 0.126. The van der Waals surface area contributed by atoms with Gasteiger partial charge in [0, 0.05) is 11.6 Å². The van der Waals surface area contributed by atoms with Crippen LogP contribution in [0.3, 0.4) is 0 Å². The van der Waals surface area contributed by atoms with Crippen molar-refractivity contribution in [3.8, 4) is 22.4 Å². The van der Waals surface area contributed by atoms with Crippen LogP contribution >= 0.6 is 0 Å². The molecule has 5 nitrogen and oxygen atoms in total. The smallest absolute Gasteiger partial charge is 0.154 e. The lowest BCUT2D eigenvalue weighted by atomic mass is 9.93. The van der Waals surface area contributed by atoms with E-state index in [-0.39, 0.29) is 6.10 Å². The van der Waals surface area contributed by atoms with E-state index in [2.05, 4.69) is 58.8 Å². The predicted molar refractivity (Wildman–Crippen MR) is 116 cm³/mol. The van der Waals surface area contributed by atoms with Crippen molar-refractivity contribution >= 4 is 11.5 Å². The minimum absolute atomic E-state index is 0.152. The zero-order valence-corrected chi connectivity index (χ0v) is 16.2. The highest BCUT2D eigenvalue weighted by Gasteiger charge is 2.19. The molecular weight excluding hydrogens is 360 g/mol. The topological polar surface area (TPSA) is 62.5 Å². The van der Waals surface area contributed by atoms with E-state index in [1.54, 1.807) is 0 Å². The minimum atomic E-state index is -0.152. The first kappa shape index (κ1) is 17.9. The molecule has 4 aromatic rings. The van der Waals surface area contributed by atoms with Gasteiger partial charge in [-0.25, -0.2) is 9.50 Å². The molecule has 1 aliphatic carbocycles. The van der Waals surface area contributed by atoms with Crippen molar-refractivity contribution in [2.45, 2.75) is 37.8 Å². The molecule has 5 heteroatoms. The molecule has 0 amide bonds. The number of nitrogens with one attached hydrogen (secondary N) is 1. The van der Waals surface area contributed by atoms with Gasteiger partial charge >= 0.3 is 0 Å². The number of aliphatic hydroxyl groups excluding tert-OH is 1. The van der Waals surface area contributed by atoms with Gasteiger partial charge in [0.2, 0.25) is 0 Å². The molecule has 1 fully saturated rings. The lowest BCUT2D eigenvalue weighted by Gasteiger charge is -2.26. The fourth-order valence-corrected chi connectivity index (χ4v) is 4.07. The summed E-state index contributed by atoms with van der Waals surface area (Å²) in [6.45, 7) is 0. The van der Waals surface area contributed by atoms with Crippen LogP contribution in [0.1, 0.15) is 25.7 Å². The minimum Gasteiger partial charge on any atom is -0.393 e. The summed E-state index contributed by atoms with van der Waals surface area (Å²) in [6.07, 6.45) is 5.37. The summed E-state index contributed by atoms with van der Waals surface area (Å²) in [5, 5.41) is 18.1. The summed E-state index contributed by atoms with van der Waals surface area (Å²) in [5.41, 5.74) is 5.26. The molecule has 0 bridgehead atoms. The van der Waals surface area contributed by atoms with Crippen molar-refractivity contribution in [1.29, 1.82) is 0 Å². The number of aliphatic hydroxyl groups is 1. The Balaban J connectivity index is 1.46. The zero-order valence-electron chi connectivity index (χ0n) is 16.2. The van der Waals surface area contributed by atoms with Crippen molar-refractivity contribution in [3.63, 3.8) is 0 Å². The SMILES string of the molecule is OC1CCC(Nc2ccc3ncc(-c4cccc(-c5ccccc5)c4)n3n2)CC1. The Bertz CT molecular complexity index is 1110. The van der Waals surface area contributed by atoms with Crippen LogP contribution < -0.4 is 5.32 Å². The molecule has 0 radical (unpaired) electrons. The number of fused-ring (bicyclic) bond motifs is 1. The van der Waals surface area contributed by atoms with Gasteiger partial charge in [-0.1, -0.05) is 48.5 Å². The number of rotatable bonds is 4. The van der Waals surface area contributed by atoms with Gasteiger partial charge in [-0.05, 0) is 55.0 Å². The first-order valence-electron chi connectivity index (χ1n) is 10.2. The van der Waals surface area contributed by atoms with E-state index >= 15 is 0 Å². The summed E-state index contributed by atoms with van der Waals surface area (Å²) in [5.74, 6) is 0.845. The Morgan fingerprint density at radius 2 is 1.59 bits per heavy atom. The average molecular weight is 384 g/mol. The molecule has 29 heavy (non-hydrogen) atoms. The fourth-order valence-electron chi connectivity index (χ4n) is 4.07. The Hall–Kier alpha value is -3.18. The van der Waals surface area contributed by atoms with Crippen LogP contribution in [0, 0.1) is 0 Å². The normalized spacial score (nSPS) is 19.3. The van der Waals surface area contributed by atoms with Crippen molar-refractivity contribution < 1.29 is 5.11 Å². The van der Waals surface area contributed by atoms with Gasteiger partial charge in [-0.3, -0.25) is 0 Å². The van der Waals surface area contributed by atoms with E-state index in [0.717, 1.165) is 48.4 Å². The fraction of sp³-hybridized carbons (Fsp3) is 0.250. The Kier molecular flexibility index (Phi) is 4.74. The van der Waals surface area contributed by atoms with Gasteiger partial charge < -0.3 is 10.4 Å². The number of nitrogens with zero attached hydrogens (tertiary/aromatic N) is 3. The second-order valence-corrected chi connectivity index (χ2v) is 7.73. The molecule has 0 spiro atoms. The molecule has 0 unspecified atom stereocenters. The van der Waals surface area contributed by atoms with Crippen molar-refractivity contribution in [3.05, 3.63) is 72.9 Å². The quantitative estimate of drug-likeness (QED) is 0.532. The number of imidazole rings is 1. The maximum Gasteiger partial charge on any atom is 0.154 e. The average Bonchev–Trinajstić information content (AvgIpc) is 3.19. The first-order valence-corrected chi connectivity index (χ1v) is 10.2. The van der Waals surface area contributed by atoms with Crippen LogP contribution in [0.5, 0.6) is 0 Å². The summed E-state index contributed by atoms with van der Waals surface area (Å²) in [7, 11) is 0. The van der Waals surface area contributed by atoms with E-state index < -0.39 is 0 Å². The van der Waals surface area contributed by atoms with Crippen LogP contribution in [-0.2, 0) is 0 Å². The second-order valence-electron chi connectivity index (χ2n) is 7.73. The third kappa shape index (κ3) is 3.74. The second kappa shape index (κ2) is 7.68. The third-order valence-electron chi connectivity index (χ3n) is 5.68. The number of hydrogen-bond acceptors (Lipinski definition) is 4. The van der Waals surface area contributed by atoms with Gasteiger partial charge in [0.25, 0.3) is 0 Å². The van der Waals surface area contributed by atoms with Gasteiger partial charge in [-0.2, -0.15) is 0 Å². The van der Waals surface area contributed by atoms with Crippen LogP contribution in [0.25, 0.3) is 28.0 Å². The monoisotopic (exact) mass is 384 g/mol. The van der Waals surface area contributed by atoms with E-state index in [4.69, 9.17) is 5.10 Å². The van der Waals surface area contributed by atoms with Gasteiger partial charge in [0.15, 0.2) is 5.65 Å². The number of anilines is 1. The van der Waals surface area contributed by atoms with Gasteiger partial charge in [-0.15, -0.1) is 5.10 Å². The maximum atomic E-state index is 9.72. The van der Waals surface area contributed by atoms with Crippen LogP contribution in [0.4, 0.5) is 5.82 Å². The predicted octanol–water partition coefficient (Wildman–Crippen LogP) is 4.78. The largest absolute Gasteiger partial charge is 0.393 e. The molecule has 0 aliphatic heterocycles. The van der Waals surface area contributed by atoms with E-state index in [9.17, 15) is 5.11 Å². The van der Waals surface area contributed by atoms with Gasteiger partial charge in [0.1, 0.15) is 5.82 Å². The zero-order chi connectivity index (χ0) is 19.6. The highest BCUT2D eigenvalue weighted by Crippen LogP contribution is 2.27. The highest BCUT2D eigenvalue weighted by atomic mass is 16.3. The van der Waals surface area contributed by atoms with Crippen LogP contribution in [0.2, 0.25) is 0 Å². The number of aromatic nitrogens is 3. The standard InChI is InChI=1S/C24H24N4O/c29-21-11-9-20(10-12-21)26-23-13-14-24-25-16-22(28(24)27-23)19-8-4-7-18(15-19)17-5-2-1-3-6-17/h1-8,13-16,20-21,29H,9-12H2,(H,26,27). The Morgan fingerprint density at radius 3 is 2.41 bits per heavy atom. The van der Waals surface area contributed by atoms with Crippen molar-refractivity contribution in [1.82, 2.24) is 14.6 Å². The molecule has 2 N–H and O–H groups in total. The molecule has 1 saturated carbocycles. The molecule has 2 heterocycles. The van der Waals surface area contributed by atoms with Crippen molar-refractivity contribution in [2.75, 3.05) is 5.32 Å². The number of benzene rings is 2. The summed E-state index contributed by atoms with van der Waals surface area (Å²) >= 11 is 0. The van der Waals surface area contributed by atoms with E-state index in [1.807, 2.05) is 28.9 Å². The van der Waals surface area contributed by atoms with E-state index in [1.165, 1.54) is 11.1 Å². The summed E-state index contributed by atoms with van der Waals surface area (Å²) in [4.78, 5) is 4.53. The summed E-state index contributed by atoms with van der Waals surface area (Å²) < 4.78 is 1.91. The molecule has 146 valence electrons. The Morgan fingerprint density at radius 1 is 0.828 bits per heavy atom. The number of hydrogen-bond donors (Lipinski definition) is 2. The maximum absolute atomic E-state index is 9.72. The molecule has 0 atom stereocenters.